The molecule has 3 aromatic heterocycles. The largest absolute Gasteiger partial charge is 0.481 e. The SMILES string of the molecule is COc1cc(CNC(=O)CCn2nc(-c3cccs3)oc2=O)ccn1. The lowest BCUT2D eigenvalue weighted by Gasteiger charge is -2.06. The summed E-state index contributed by atoms with van der Waals surface area (Å²) in [5.74, 6) is -0.00952. The van der Waals surface area contributed by atoms with Crippen LogP contribution in [0.5, 0.6) is 5.88 Å². The molecule has 3 aromatic rings. The fourth-order valence-corrected chi connectivity index (χ4v) is 2.76. The highest BCUT2D eigenvalue weighted by Gasteiger charge is 2.12. The number of nitrogens with zero attached hydrogens (tertiary/aromatic N) is 3. The number of nitrogens with one attached hydrogen (secondary N) is 1. The Morgan fingerprint density at radius 1 is 1.44 bits per heavy atom. The van der Waals surface area contributed by atoms with E-state index in [4.69, 9.17) is 9.15 Å². The zero-order valence-electron chi connectivity index (χ0n) is 13.5. The first-order valence-electron chi connectivity index (χ1n) is 7.53. The van der Waals surface area contributed by atoms with E-state index < -0.39 is 5.76 Å². The first kappa shape index (κ1) is 16.9. The normalized spacial score (nSPS) is 10.6. The molecule has 0 saturated carbocycles. The molecule has 0 bridgehead atoms. The van der Waals surface area contributed by atoms with Crippen LogP contribution in [0.1, 0.15) is 12.0 Å². The minimum Gasteiger partial charge on any atom is -0.481 e. The average molecular weight is 360 g/mol. The molecule has 0 aliphatic carbocycles. The molecule has 25 heavy (non-hydrogen) atoms. The molecule has 1 amide bonds. The summed E-state index contributed by atoms with van der Waals surface area (Å²) in [5.41, 5.74) is 0.874. The third-order valence-corrected chi connectivity index (χ3v) is 4.24. The Labute approximate surface area is 147 Å². The molecule has 0 atom stereocenters. The lowest BCUT2D eigenvalue weighted by Crippen LogP contribution is -2.26. The van der Waals surface area contributed by atoms with Gasteiger partial charge in [0.25, 0.3) is 5.89 Å². The van der Waals surface area contributed by atoms with Crippen molar-refractivity contribution in [3.8, 4) is 16.6 Å². The quantitative estimate of drug-likeness (QED) is 0.688. The zero-order valence-corrected chi connectivity index (χ0v) is 14.3. The second-order valence-corrected chi connectivity index (χ2v) is 6.05. The Balaban J connectivity index is 1.53. The van der Waals surface area contributed by atoms with E-state index in [1.165, 1.54) is 18.4 Å². The molecule has 0 saturated heterocycles. The fourth-order valence-electron chi connectivity index (χ4n) is 2.12. The molecule has 3 rings (SSSR count). The van der Waals surface area contributed by atoms with Crippen molar-refractivity contribution < 1.29 is 13.9 Å². The number of methoxy groups -OCH3 is 1. The van der Waals surface area contributed by atoms with Gasteiger partial charge >= 0.3 is 5.76 Å². The molecular formula is C16H16N4O4S. The summed E-state index contributed by atoms with van der Waals surface area (Å²) in [5, 5.41) is 8.76. The number of aromatic nitrogens is 3. The number of pyridine rings is 1. The molecule has 9 heteroatoms. The third-order valence-electron chi connectivity index (χ3n) is 3.39. The van der Waals surface area contributed by atoms with Crippen LogP contribution in [0.15, 0.2) is 45.1 Å². The van der Waals surface area contributed by atoms with E-state index in [0.717, 1.165) is 15.1 Å². The summed E-state index contributed by atoms with van der Waals surface area (Å²) in [6.45, 7) is 0.505. The molecule has 3 heterocycles. The van der Waals surface area contributed by atoms with Crippen LogP contribution >= 0.6 is 11.3 Å². The van der Waals surface area contributed by atoms with Crippen LogP contribution in [0.2, 0.25) is 0 Å². The fraction of sp³-hybridized carbons (Fsp3) is 0.250. The van der Waals surface area contributed by atoms with Crippen molar-refractivity contribution in [2.45, 2.75) is 19.5 Å². The summed E-state index contributed by atoms with van der Waals surface area (Å²) < 4.78 is 11.3. The van der Waals surface area contributed by atoms with Gasteiger partial charge in [-0.05, 0) is 23.1 Å². The highest BCUT2D eigenvalue weighted by atomic mass is 32.1. The van der Waals surface area contributed by atoms with Crippen molar-refractivity contribution in [2.24, 2.45) is 0 Å². The van der Waals surface area contributed by atoms with Crippen LogP contribution in [0.25, 0.3) is 10.8 Å². The standard InChI is InChI=1S/C16H16N4O4S/c1-23-14-9-11(4-6-17-14)10-18-13(21)5-7-20-16(22)24-15(19-20)12-3-2-8-25-12/h2-4,6,8-9H,5,7,10H2,1H3,(H,18,21). The van der Waals surface area contributed by atoms with Crippen molar-refractivity contribution in [1.82, 2.24) is 20.1 Å². The predicted octanol–water partition coefficient (Wildman–Crippen LogP) is 1.67. The minimum absolute atomic E-state index is 0.124. The van der Waals surface area contributed by atoms with Gasteiger partial charge in [0, 0.05) is 25.2 Å². The number of amides is 1. The maximum absolute atomic E-state index is 12.0. The molecule has 8 nitrogen and oxygen atoms in total. The van der Waals surface area contributed by atoms with E-state index in [-0.39, 0.29) is 24.8 Å². The van der Waals surface area contributed by atoms with Crippen molar-refractivity contribution in [2.75, 3.05) is 7.11 Å². The highest BCUT2D eigenvalue weighted by molar-refractivity contribution is 7.13. The molecule has 0 aromatic carbocycles. The Morgan fingerprint density at radius 2 is 2.32 bits per heavy atom. The number of thiophene rings is 1. The number of hydrogen-bond donors (Lipinski definition) is 1. The van der Waals surface area contributed by atoms with Crippen molar-refractivity contribution in [1.29, 1.82) is 0 Å². The monoisotopic (exact) mass is 360 g/mol. The summed E-state index contributed by atoms with van der Waals surface area (Å²) in [6, 6.07) is 7.20. The van der Waals surface area contributed by atoms with E-state index in [1.807, 2.05) is 17.5 Å². The summed E-state index contributed by atoms with van der Waals surface area (Å²) in [6.07, 6.45) is 1.74. The van der Waals surface area contributed by atoms with Crippen molar-refractivity contribution >= 4 is 17.2 Å². The topological polar surface area (TPSA) is 99.2 Å². The Bertz CT molecular complexity index is 901. The van der Waals surface area contributed by atoms with Gasteiger partial charge in [0.05, 0.1) is 18.5 Å². The predicted molar refractivity (Wildman–Crippen MR) is 91.3 cm³/mol. The van der Waals surface area contributed by atoms with Crippen molar-refractivity contribution in [3.63, 3.8) is 0 Å². The molecule has 1 N–H and O–H groups in total. The van der Waals surface area contributed by atoms with Gasteiger partial charge in [-0.25, -0.2) is 9.78 Å². The molecular weight excluding hydrogens is 344 g/mol. The van der Waals surface area contributed by atoms with Crippen LogP contribution in [-0.2, 0) is 17.9 Å². The minimum atomic E-state index is -0.574. The number of carbonyl (C=O) groups excluding carboxylic acids is 1. The van der Waals surface area contributed by atoms with Crippen LogP contribution in [0, 0.1) is 0 Å². The molecule has 0 spiro atoms. The molecule has 0 fully saturated rings. The molecule has 0 aliphatic heterocycles. The van der Waals surface area contributed by atoms with Crippen molar-refractivity contribution in [3.05, 3.63) is 52.0 Å². The van der Waals surface area contributed by atoms with E-state index in [1.54, 1.807) is 18.3 Å². The van der Waals surface area contributed by atoms with Gasteiger partial charge in [0.2, 0.25) is 11.8 Å². The van der Waals surface area contributed by atoms with E-state index in [2.05, 4.69) is 15.4 Å². The van der Waals surface area contributed by atoms with Gasteiger partial charge in [-0.3, -0.25) is 4.79 Å². The average Bonchev–Trinajstić information content (AvgIpc) is 3.28. The van der Waals surface area contributed by atoms with E-state index in [0.29, 0.717) is 12.4 Å². The number of rotatable bonds is 7. The summed E-state index contributed by atoms with van der Waals surface area (Å²) >= 11 is 1.43. The van der Waals surface area contributed by atoms with E-state index >= 15 is 0 Å². The van der Waals surface area contributed by atoms with Gasteiger partial charge in [0.15, 0.2) is 0 Å². The number of carbonyl (C=O) groups is 1. The second kappa shape index (κ2) is 7.75. The van der Waals surface area contributed by atoms with Crippen LogP contribution < -0.4 is 15.8 Å². The smallest absolute Gasteiger partial charge is 0.437 e. The van der Waals surface area contributed by atoms with Gasteiger partial charge < -0.3 is 14.5 Å². The first-order chi connectivity index (χ1) is 12.2. The van der Waals surface area contributed by atoms with Gasteiger partial charge in [-0.15, -0.1) is 16.4 Å². The Hall–Kier alpha value is -2.94. The summed E-state index contributed by atoms with van der Waals surface area (Å²) in [7, 11) is 1.53. The van der Waals surface area contributed by atoms with Gasteiger partial charge in [0.1, 0.15) is 0 Å². The molecule has 0 unspecified atom stereocenters. The maximum Gasteiger partial charge on any atom is 0.437 e. The molecule has 0 radical (unpaired) electrons. The lowest BCUT2D eigenvalue weighted by atomic mass is 10.2. The number of ether oxygens (including phenoxy) is 1. The second-order valence-electron chi connectivity index (χ2n) is 5.11. The Morgan fingerprint density at radius 3 is 3.08 bits per heavy atom. The van der Waals surface area contributed by atoms with Crippen LogP contribution in [0.3, 0.4) is 0 Å². The molecule has 0 aliphatic rings. The van der Waals surface area contributed by atoms with Crippen LogP contribution in [0.4, 0.5) is 0 Å². The highest BCUT2D eigenvalue weighted by Crippen LogP contribution is 2.21. The summed E-state index contributed by atoms with van der Waals surface area (Å²) in [4.78, 5) is 28.5. The zero-order chi connectivity index (χ0) is 17.6. The lowest BCUT2D eigenvalue weighted by molar-refractivity contribution is -0.121. The molecule has 130 valence electrons. The van der Waals surface area contributed by atoms with Gasteiger partial charge in [-0.1, -0.05) is 6.07 Å². The third kappa shape index (κ3) is 4.32. The maximum atomic E-state index is 12.0. The van der Waals surface area contributed by atoms with E-state index in [9.17, 15) is 9.59 Å². The first-order valence-corrected chi connectivity index (χ1v) is 8.41. The van der Waals surface area contributed by atoms with Crippen LogP contribution in [-0.4, -0.2) is 27.8 Å². The Kier molecular flexibility index (Phi) is 5.24. The number of aryl methyl sites for hydroxylation is 1. The number of hydrogen-bond acceptors (Lipinski definition) is 7. The van der Waals surface area contributed by atoms with Gasteiger partial charge in [-0.2, -0.15) is 4.68 Å².